The number of hydrogen-bond donors (Lipinski definition) is 1. The lowest BCUT2D eigenvalue weighted by atomic mass is 9.92. The van der Waals surface area contributed by atoms with E-state index in [1.165, 1.54) is 11.6 Å². The zero-order valence-corrected chi connectivity index (χ0v) is 16.8. The van der Waals surface area contributed by atoms with E-state index in [-0.39, 0.29) is 5.82 Å². The molecule has 0 aliphatic carbocycles. The Kier molecular flexibility index (Phi) is 9.61. The molecule has 1 aromatic carbocycles. The van der Waals surface area contributed by atoms with Gasteiger partial charge in [-0.1, -0.05) is 61.6 Å². The monoisotopic (exact) mass is 353 g/mol. The van der Waals surface area contributed by atoms with Crippen LogP contribution in [0.15, 0.2) is 71.9 Å². The van der Waals surface area contributed by atoms with Crippen molar-refractivity contribution < 1.29 is 4.39 Å². The summed E-state index contributed by atoms with van der Waals surface area (Å²) in [5.74, 6) is -0.179. The molecule has 0 fully saturated rings. The van der Waals surface area contributed by atoms with Gasteiger partial charge in [-0.05, 0) is 62.5 Å². The van der Waals surface area contributed by atoms with Gasteiger partial charge < -0.3 is 5.32 Å². The van der Waals surface area contributed by atoms with E-state index >= 15 is 0 Å². The van der Waals surface area contributed by atoms with Crippen LogP contribution in [0.5, 0.6) is 0 Å². The summed E-state index contributed by atoms with van der Waals surface area (Å²) in [5, 5.41) is 3.48. The van der Waals surface area contributed by atoms with E-state index < -0.39 is 0 Å². The average Bonchev–Trinajstić information content (AvgIpc) is 2.62. The molecule has 0 saturated heterocycles. The SMILES string of the molecule is C=C/C=C(\C=C/CC)C(/CNC/C(C)=C/C)=C(/C)c1c(C)cccc1F. The standard InChI is InChI=1S/C24H32FN/c1-7-10-14-21(12-8-2)22(17-26-16-18(4)9-3)20(6)24-19(5)13-11-15-23(24)25/h8-15,26H,2,7,16-17H2,1,3-6H3/b14-10-,18-9+,21-12+,22-20-. The summed E-state index contributed by atoms with van der Waals surface area (Å²) in [4.78, 5) is 0. The number of rotatable bonds is 9. The molecule has 140 valence electrons. The lowest BCUT2D eigenvalue weighted by Crippen LogP contribution is -2.20. The molecule has 0 unspecified atom stereocenters. The molecule has 0 aromatic heterocycles. The van der Waals surface area contributed by atoms with Gasteiger partial charge in [-0.2, -0.15) is 0 Å². The summed E-state index contributed by atoms with van der Waals surface area (Å²) in [5.41, 5.74) is 6.02. The van der Waals surface area contributed by atoms with Crippen LogP contribution in [0.1, 0.15) is 45.2 Å². The van der Waals surface area contributed by atoms with E-state index in [1.54, 1.807) is 12.1 Å². The van der Waals surface area contributed by atoms with E-state index in [2.05, 4.69) is 44.0 Å². The number of hydrogen-bond acceptors (Lipinski definition) is 1. The molecule has 1 nitrogen and oxygen atoms in total. The van der Waals surface area contributed by atoms with Crippen LogP contribution in [0.4, 0.5) is 4.39 Å². The van der Waals surface area contributed by atoms with Crippen LogP contribution >= 0.6 is 0 Å². The van der Waals surface area contributed by atoms with Gasteiger partial charge in [0, 0.05) is 18.7 Å². The van der Waals surface area contributed by atoms with Crippen molar-refractivity contribution in [3.8, 4) is 0 Å². The number of benzene rings is 1. The van der Waals surface area contributed by atoms with Crippen molar-refractivity contribution in [1.29, 1.82) is 0 Å². The van der Waals surface area contributed by atoms with Gasteiger partial charge in [-0.3, -0.25) is 0 Å². The molecule has 1 rings (SSSR count). The molecule has 0 bridgehead atoms. The van der Waals surface area contributed by atoms with Crippen LogP contribution in [-0.2, 0) is 0 Å². The summed E-state index contributed by atoms with van der Waals surface area (Å²) in [7, 11) is 0. The Labute approximate surface area is 158 Å². The van der Waals surface area contributed by atoms with Crippen LogP contribution in [0, 0.1) is 12.7 Å². The molecule has 0 spiro atoms. The molecule has 0 amide bonds. The first-order valence-electron chi connectivity index (χ1n) is 9.23. The Morgan fingerprint density at radius 2 is 1.96 bits per heavy atom. The highest BCUT2D eigenvalue weighted by Gasteiger charge is 2.14. The quantitative estimate of drug-likeness (QED) is 0.392. The molecule has 1 N–H and O–H groups in total. The second-order valence-electron chi connectivity index (χ2n) is 6.44. The third-order valence-electron chi connectivity index (χ3n) is 4.43. The van der Waals surface area contributed by atoms with E-state index in [9.17, 15) is 4.39 Å². The zero-order chi connectivity index (χ0) is 19.5. The minimum absolute atomic E-state index is 0.179. The lowest BCUT2D eigenvalue weighted by molar-refractivity contribution is 0.622. The van der Waals surface area contributed by atoms with Gasteiger partial charge in [0.2, 0.25) is 0 Å². The molecule has 0 aliphatic heterocycles. The Bertz CT molecular complexity index is 712. The van der Waals surface area contributed by atoms with E-state index in [0.29, 0.717) is 12.1 Å². The normalized spacial score (nSPS) is 13.9. The van der Waals surface area contributed by atoms with Gasteiger partial charge in [0.15, 0.2) is 0 Å². The highest BCUT2D eigenvalue weighted by Crippen LogP contribution is 2.28. The minimum atomic E-state index is -0.179. The molecule has 0 heterocycles. The highest BCUT2D eigenvalue weighted by atomic mass is 19.1. The number of halogens is 1. The van der Waals surface area contributed by atoms with E-state index in [0.717, 1.165) is 35.2 Å². The van der Waals surface area contributed by atoms with Crippen molar-refractivity contribution in [2.75, 3.05) is 13.1 Å². The van der Waals surface area contributed by atoms with Crippen molar-refractivity contribution in [2.45, 2.75) is 41.0 Å². The smallest absolute Gasteiger partial charge is 0.130 e. The summed E-state index contributed by atoms with van der Waals surface area (Å²) in [6, 6.07) is 5.24. The van der Waals surface area contributed by atoms with E-state index in [1.807, 2.05) is 32.9 Å². The predicted molar refractivity (Wildman–Crippen MR) is 114 cm³/mol. The molecule has 0 saturated carbocycles. The number of allylic oxidation sites excluding steroid dienone is 6. The largest absolute Gasteiger partial charge is 0.309 e. The van der Waals surface area contributed by atoms with Gasteiger partial charge in [0.05, 0.1) is 0 Å². The van der Waals surface area contributed by atoms with Crippen LogP contribution < -0.4 is 5.32 Å². The van der Waals surface area contributed by atoms with Crippen molar-refractivity contribution in [3.05, 3.63) is 88.8 Å². The minimum Gasteiger partial charge on any atom is -0.309 e. The topological polar surface area (TPSA) is 12.0 Å². The fraction of sp³-hybridized carbons (Fsp3) is 0.333. The molecule has 1 aromatic rings. The lowest BCUT2D eigenvalue weighted by Gasteiger charge is -2.17. The van der Waals surface area contributed by atoms with E-state index in [4.69, 9.17) is 0 Å². The highest BCUT2D eigenvalue weighted by molar-refractivity contribution is 5.75. The Hall–Kier alpha value is -2.19. The summed E-state index contributed by atoms with van der Waals surface area (Å²) in [6.07, 6.45) is 11.0. The second kappa shape index (κ2) is 11.4. The Morgan fingerprint density at radius 3 is 2.54 bits per heavy atom. The maximum absolute atomic E-state index is 14.5. The first-order chi connectivity index (χ1) is 12.5. The fourth-order valence-electron chi connectivity index (χ4n) is 2.82. The van der Waals surface area contributed by atoms with Crippen molar-refractivity contribution in [1.82, 2.24) is 5.32 Å². The first kappa shape index (κ1) is 21.9. The molecule has 0 aliphatic rings. The number of aryl methyl sites for hydroxylation is 1. The third-order valence-corrected chi connectivity index (χ3v) is 4.43. The maximum Gasteiger partial charge on any atom is 0.130 e. The fourth-order valence-corrected chi connectivity index (χ4v) is 2.82. The molecule has 0 atom stereocenters. The summed E-state index contributed by atoms with van der Waals surface area (Å²) < 4.78 is 14.5. The molecule has 0 radical (unpaired) electrons. The Morgan fingerprint density at radius 1 is 1.23 bits per heavy atom. The van der Waals surface area contributed by atoms with Crippen LogP contribution in [0.2, 0.25) is 0 Å². The summed E-state index contributed by atoms with van der Waals surface area (Å²) in [6.45, 7) is 15.5. The zero-order valence-electron chi connectivity index (χ0n) is 16.8. The van der Waals surface area contributed by atoms with Crippen LogP contribution in [0.25, 0.3) is 5.57 Å². The van der Waals surface area contributed by atoms with Crippen molar-refractivity contribution >= 4 is 5.57 Å². The number of nitrogens with one attached hydrogen (secondary N) is 1. The van der Waals surface area contributed by atoms with Gasteiger partial charge in [0.1, 0.15) is 5.82 Å². The van der Waals surface area contributed by atoms with Gasteiger partial charge in [0.25, 0.3) is 0 Å². The molecular weight excluding hydrogens is 321 g/mol. The molecule has 2 heteroatoms. The predicted octanol–water partition coefficient (Wildman–Crippen LogP) is 6.54. The van der Waals surface area contributed by atoms with Crippen molar-refractivity contribution in [3.63, 3.8) is 0 Å². The van der Waals surface area contributed by atoms with Gasteiger partial charge in [-0.15, -0.1) is 0 Å². The maximum atomic E-state index is 14.5. The first-order valence-corrected chi connectivity index (χ1v) is 9.23. The molecular formula is C24H32FN. The third kappa shape index (κ3) is 6.27. The second-order valence-corrected chi connectivity index (χ2v) is 6.44. The van der Waals surface area contributed by atoms with Crippen LogP contribution in [-0.4, -0.2) is 13.1 Å². The van der Waals surface area contributed by atoms with Crippen LogP contribution in [0.3, 0.4) is 0 Å². The van der Waals surface area contributed by atoms with Gasteiger partial charge >= 0.3 is 0 Å². The van der Waals surface area contributed by atoms with Gasteiger partial charge in [-0.25, -0.2) is 4.39 Å². The average molecular weight is 354 g/mol. The molecule has 26 heavy (non-hydrogen) atoms. The summed E-state index contributed by atoms with van der Waals surface area (Å²) >= 11 is 0. The van der Waals surface area contributed by atoms with Crippen molar-refractivity contribution in [2.24, 2.45) is 0 Å². The Balaban J connectivity index is 3.43.